The van der Waals surface area contributed by atoms with Crippen LogP contribution in [0.15, 0.2) is 91.1 Å². The van der Waals surface area contributed by atoms with Gasteiger partial charge < -0.3 is 45.4 Å². The Hall–Kier alpha value is -6.67. The molecule has 1 saturated carbocycles. The standard InChI is InChI=1S/C59H85N12O13P/c72-53(39-65-26-28-66(41-55(74)75)30-32-68(43-57(78)79)33-31-67(29-27-65)42-56(76)77)60-24-12-1-2-13-25-61-58(80)52-34-50(38-70(52)54(73)40-69(49-18-10-5-11-19-49)36-46-16-8-4-9-17-46)71-37-48(63-64-71)44-84-51-22-20-47(21-23-51)59(85(81,82)83)62-35-45-14-6-3-7-15-45/h3-4,6-9,14-17,20-23,37,49-50,52,59,62H,1-2,5,10-13,18-19,24-36,38-44H2,(H,60,72)(H,61,80)(H,74,75)(H,76,77)(H,78,79)(H2,81,82,83)/t50-,52-,59?/m0/s1. The van der Waals surface area contributed by atoms with E-state index in [1.807, 2.05) is 53.4 Å². The van der Waals surface area contributed by atoms with Crippen molar-refractivity contribution in [3.8, 4) is 5.75 Å². The molecular formula is C59H85N12O13P. The van der Waals surface area contributed by atoms with Gasteiger partial charge in [-0.05, 0) is 54.5 Å². The number of likely N-dealkylation sites (tertiary alicyclic amines) is 1. The van der Waals surface area contributed by atoms with E-state index < -0.39 is 37.3 Å². The molecule has 85 heavy (non-hydrogen) atoms. The Bertz CT molecular complexity index is 2760. The number of carbonyl (C=O) groups is 6. The number of hydrogen-bond donors (Lipinski definition) is 8. The molecular weight excluding hydrogens is 1120 g/mol. The largest absolute Gasteiger partial charge is 0.487 e. The number of amides is 3. The number of benzene rings is 3. The summed E-state index contributed by atoms with van der Waals surface area (Å²) in [5.74, 6) is -4.46. The minimum absolute atomic E-state index is 0.0243. The molecule has 7 rings (SSSR count). The van der Waals surface area contributed by atoms with E-state index in [1.165, 1.54) is 6.42 Å². The number of aromatic nitrogens is 3. The topological polar surface area (TPSA) is 316 Å². The number of carbonyl (C=O) groups excluding carboxylic acids is 3. The molecule has 464 valence electrons. The highest BCUT2D eigenvalue weighted by Crippen LogP contribution is 2.50. The van der Waals surface area contributed by atoms with Gasteiger partial charge in [0.2, 0.25) is 17.7 Å². The van der Waals surface area contributed by atoms with E-state index in [9.17, 15) is 58.4 Å². The molecule has 1 aliphatic carbocycles. The van der Waals surface area contributed by atoms with Crippen LogP contribution in [0.25, 0.3) is 0 Å². The van der Waals surface area contributed by atoms with Crippen LogP contribution in [0.2, 0.25) is 0 Å². The molecule has 3 fully saturated rings. The van der Waals surface area contributed by atoms with E-state index in [2.05, 4.69) is 43.3 Å². The van der Waals surface area contributed by atoms with Gasteiger partial charge in [-0.15, -0.1) is 5.10 Å². The summed E-state index contributed by atoms with van der Waals surface area (Å²) < 4.78 is 20.2. The second kappa shape index (κ2) is 33.9. The zero-order chi connectivity index (χ0) is 60.6. The fourth-order valence-corrected chi connectivity index (χ4v) is 12.2. The average molecular weight is 1200 g/mol. The molecule has 3 aromatic carbocycles. The third-order valence-electron chi connectivity index (χ3n) is 15.9. The van der Waals surface area contributed by atoms with Gasteiger partial charge in [0, 0.05) is 97.5 Å². The van der Waals surface area contributed by atoms with Crippen molar-refractivity contribution >= 4 is 43.2 Å². The van der Waals surface area contributed by atoms with Gasteiger partial charge in [-0.3, -0.25) is 63.1 Å². The quantitative estimate of drug-likeness (QED) is 0.0275. The third kappa shape index (κ3) is 22.6. The summed E-state index contributed by atoms with van der Waals surface area (Å²) in [5.41, 5.74) is 2.91. The van der Waals surface area contributed by atoms with Crippen LogP contribution < -0.4 is 20.7 Å². The average Bonchev–Trinajstić information content (AvgIpc) is 4.26. The molecule has 1 unspecified atom stereocenters. The van der Waals surface area contributed by atoms with Crippen LogP contribution in [0.4, 0.5) is 0 Å². The molecule has 0 bridgehead atoms. The normalized spacial score (nSPS) is 18.7. The van der Waals surface area contributed by atoms with E-state index in [4.69, 9.17) is 4.74 Å². The van der Waals surface area contributed by atoms with Crippen LogP contribution in [0.5, 0.6) is 5.75 Å². The summed E-state index contributed by atoms with van der Waals surface area (Å²) in [5, 5.41) is 46.4. The van der Waals surface area contributed by atoms with Gasteiger partial charge in [0.15, 0.2) is 0 Å². The first kappa shape index (κ1) is 65.9. The van der Waals surface area contributed by atoms with Crippen molar-refractivity contribution in [1.82, 2.24) is 60.3 Å². The number of hydrogen-bond acceptors (Lipinski definition) is 16. The first-order valence-corrected chi connectivity index (χ1v) is 31.3. The number of unbranched alkanes of at least 4 members (excludes halogenated alkanes) is 3. The van der Waals surface area contributed by atoms with Crippen LogP contribution in [0.1, 0.15) is 98.4 Å². The van der Waals surface area contributed by atoms with Crippen LogP contribution >= 0.6 is 7.60 Å². The molecule has 0 radical (unpaired) electrons. The Morgan fingerprint density at radius 2 is 1.19 bits per heavy atom. The Morgan fingerprint density at radius 3 is 1.73 bits per heavy atom. The Morgan fingerprint density at radius 1 is 0.659 bits per heavy atom. The van der Waals surface area contributed by atoms with Crippen molar-refractivity contribution in [3.05, 3.63) is 114 Å². The maximum atomic E-state index is 14.6. The second-order valence-electron chi connectivity index (χ2n) is 22.4. The lowest BCUT2D eigenvalue weighted by molar-refractivity contribution is -0.140. The number of carboxylic acids is 3. The number of nitrogens with zero attached hydrogens (tertiary/aromatic N) is 9. The van der Waals surface area contributed by atoms with Crippen molar-refractivity contribution in [2.24, 2.45) is 0 Å². The maximum Gasteiger partial charge on any atom is 0.346 e. The predicted octanol–water partition coefficient (Wildman–Crippen LogP) is 3.07. The Kier molecular flexibility index (Phi) is 26.2. The molecule has 25 nitrogen and oxygen atoms in total. The molecule has 0 spiro atoms. The van der Waals surface area contributed by atoms with E-state index >= 15 is 0 Å². The SMILES string of the molecule is O=C(O)CN1CCN(CC(=O)O)CCN(CC(=O)NCCCCCCNC(=O)[C@@H]2C[C@H](n3cc(COc4ccc(C(NCc5ccccc5)P(=O)(O)O)cc4)nn3)CN2C(=O)CN(Cc2ccccc2)C2CCCCC2)CCN(CC(=O)O)CC1. The molecule has 3 amide bonds. The van der Waals surface area contributed by atoms with E-state index in [0.717, 1.165) is 49.7 Å². The third-order valence-corrected chi connectivity index (χ3v) is 17.0. The van der Waals surface area contributed by atoms with Gasteiger partial charge in [0.25, 0.3) is 0 Å². The molecule has 1 aromatic heterocycles. The zero-order valence-corrected chi connectivity index (χ0v) is 49.3. The molecule has 8 N–H and O–H groups in total. The predicted molar refractivity (Wildman–Crippen MR) is 315 cm³/mol. The minimum Gasteiger partial charge on any atom is -0.487 e. The van der Waals surface area contributed by atoms with Crippen LogP contribution in [0.3, 0.4) is 0 Å². The summed E-state index contributed by atoms with van der Waals surface area (Å²) in [7, 11) is -4.57. The van der Waals surface area contributed by atoms with Gasteiger partial charge in [-0.25, -0.2) is 4.68 Å². The first-order valence-electron chi connectivity index (χ1n) is 29.6. The summed E-state index contributed by atoms with van der Waals surface area (Å²) in [6.07, 6.45) is 10.3. The molecule has 2 saturated heterocycles. The first-order chi connectivity index (χ1) is 40.9. The maximum absolute atomic E-state index is 14.6. The molecule has 3 atom stereocenters. The van der Waals surface area contributed by atoms with Gasteiger partial charge in [0.1, 0.15) is 29.9 Å². The highest BCUT2D eigenvalue weighted by Gasteiger charge is 2.42. The van der Waals surface area contributed by atoms with Crippen LogP contribution in [-0.4, -0.2) is 222 Å². The summed E-state index contributed by atoms with van der Waals surface area (Å²) in [6.45, 7) is 3.79. The summed E-state index contributed by atoms with van der Waals surface area (Å²) in [4.78, 5) is 108. The van der Waals surface area contributed by atoms with Crippen molar-refractivity contribution in [2.75, 3.05) is 105 Å². The molecule has 26 heteroatoms. The monoisotopic (exact) mass is 1200 g/mol. The lowest BCUT2D eigenvalue weighted by atomic mass is 9.93. The highest BCUT2D eigenvalue weighted by molar-refractivity contribution is 7.52. The highest BCUT2D eigenvalue weighted by atomic mass is 31.2. The fraction of sp³-hybridized carbons (Fsp3) is 0.559. The number of aliphatic carboxylic acids is 3. The van der Waals surface area contributed by atoms with Gasteiger partial charge in [0.05, 0.1) is 45.0 Å². The van der Waals surface area contributed by atoms with E-state index in [1.54, 1.807) is 54.7 Å². The number of carboxylic acid groups (broad SMARTS) is 3. The second-order valence-corrected chi connectivity index (χ2v) is 24.1. The molecule has 4 aromatic rings. The summed E-state index contributed by atoms with van der Waals surface area (Å²) >= 11 is 0. The number of nitrogens with one attached hydrogen (secondary N) is 3. The lowest BCUT2D eigenvalue weighted by Gasteiger charge is -2.35. The Labute approximate surface area is 496 Å². The molecule has 3 aliphatic rings. The molecule has 2 aliphatic heterocycles. The van der Waals surface area contributed by atoms with E-state index in [-0.39, 0.29) is 108 Å². The van der Waals surface area contributed by atoms with Crippen molar-refractivity contribution < 1.29 is 63.2 Å². The lowest BCUT2D eigenvalue weighted by Crippen LogP contribution is -2.50. The van der Waals surface area contributed by atoms with Gasteiger partial charge in [-0.1, -0.05) is 110 Å². The Balaban J connectivity index is 0.909. The van der Waals surface area contributed by atoms with Crippen LogP contribution in [-0.2, 0) is 53.0 Å². The number of ether oxygens (including phenoxy) is 1. The molecule has 3 heterocycles. The van der Waals surface area contributed by atoms with E-state index in [0.29, 0.717) is 82.1 Å². The zero-order valence-electron chi connectivity index (χ0n) is 48.4. The number of rotatable bonds is 30. The smallest absolute Gasteiger partial charge is 0.346 e. The minimum atomic E-state index is -4.57. The van der Waals surface area contributed by atoms with Gasteiger partial charge >= 0.3 is 25.5 Å². The van der Waals surface area contributed by atoms with Crippen molar-refractivity contribution in [2.45, 2.75) is 108 Å². The van der Waals surface area contributed by atoms with Crippen LogP contribution in [0, 0.1) is 0 Å². The van der Waals surface area contributed by atoms with Gasteiger partial charge in [-0.2, -0.15) is 0 Å². The van der Waals surface area contributed by atoms with Crippen molar-refractivity contribution in [1.29, 1.82) is 0 Å². The van der Waals surface area contributed by atoms with Crippen molar-refractivity contribution in [3.63, 3.8) is 0 Å². The summed E-state index contributed by atoms with van der Waals surface area (Å²) in [6, 6.07) is 25.1. The fourth-order valence-electron chi connectivity index (χ4n) is 11.3.